The third-order valence-corrected chi connectivity index (χ3v) is 2.95. The van der Waals surface area contributed by atoms with Gasteiger partial charge in [-0.3, -0.25) is 4.79 Å². The molecule has 0 aliphatic carbocycles. The molecule has 0 radical (unpaired) electrons. The minimum Gasteiger partial charge on any atom is -0.490 e. The molecule has 0 spiro atoms. The van der Waals surface area contributed by atoms with Gasteiger partial charge in [-0.2, -0.15) is 0 Å². The van der Waals surface area contributed by atoms with E-state index in [0.717, 1.165) is 23.5 Å². The maximum absolute atomic E-state index is 10.9. The fourth-order valence-electron chi connectivity index (χ4n) is 1.78. The lowest BCUT2D eigenvalue weighted by atomic mass is 10.00. The number of carbonyl (C=O) groups is 1. The molecule has 1 atom stereocenters. The monoisotopic (exact) mass is 221 g/mol. The predicted molar refractivity (Wildman–Crippen MR) is 61.3 cm³/mol. The van der Waals surface area contributed by atoms with Crippen LogP contribution in [-0.4, -0.2) is 31.3 Å². The molecule has 2 rings (SSSR count). The molecule has 0 fully saturated rings. The molecule has 1 heterocycles. The fraction of sp³-hybridized carbons (Fsp3) is 0.417. The van der Waals surface area contributed by atoms with Gasteiger partial charge in [-0.1, -0.05) is 6.07 Å². The summed E-state index contributed by atoms with van der Waals surface area (Å²) in [5.74, 6) is -0.463. The molecule has 1 aromatic rings. The minimum absolute atomic E-state index is 0.486. The van der Waals surface area contributed by atoms with Crippen LogP contribution in [-0.2, 0) is 4.79 Å². The summed E-state index contributed by atoms with van der Waals surface area (Å²) in [5.41, 5.74) is 1.78. The lowest BCUT2D eigenvalue weighted by molar-refractivity contribution is -0.138. The maximum atomic E-state index is 10.9. The number of rotatable bonds is 2. The van der Waals surface area contributed by atoms with Crippen molar-refractivity contribution in [2.45, 2.75) is 12.8 Å². The van der Waals surface area contributed by atoms with Gasteiger partial charge in [0.2, 0.25) is 0 Å². The molecule has 0 saturated carbocycles. The van der Waals surface area contributed by atoms with E-state index in [9.17, 15) is 4.79 Å². The zero-order chi connectivity index (χ0) is 11.7. The molecule has 1 N–H and O–H groups in total. The van der Waals surface area contributed by atoms with E-state index in [1.165, 1.54) is 0 Å². The van der Waals surface area contributed by atoms with Gasteiger partial charge in [0.05, 0.1) is 18.2 Å². The van der Waals surface area contributed by atoms with Crippen molar-refractivity contribution in [3.05, 3.63) is 23.8 Å². The Morgan fingerprint density at radius 2 is 2.31 bits per heavy atom. The number of carboxylic acids is 1. The molecule has 0 aromatic heterocycles. The zero-order valence-electron chi connectivity index (χ0n) is 9.43. The summed E-state index contributed by atoms with van der Waals surface area (Å²) in [7, 11) is 1.98. The average molecular weight is 221 g/mol. The van der Waals surface area contributed by atoms with E-state index in [2.05, 4.69) is 4.90 Å². The highest BCUT2D eigenvalue weighted by atomic mass is 16.5. The SMILES string of the molecule is CC(C(=O)O)c1ccc2c(c1)N(C)CCO2. The van der Waals surface area contributed by atoms with Crippen LogP contribution in [0.25, 0.3) is 0 Å². The second kappa shape index (κ2) is 4.04. The third-order valence-electron chi connectivity index (χ3n) is 2.95. The van der Waals surface area contributed by atoms with Gasteiger partial charge >= 0.3 is 5.97 Å². The van der Waals surface area contributed by atoms with Crippen molar-refractivity contribution in [2.24, 2.45) is 0 Å². The number of hydrogen-bond donors (Lipinski definition) is 1. The molecule has 1 aliphatic rings. The maximum Gasteiger partial charge on any atom is 0.310 e. The molecule has 0 saturated heterocycles. The Bertz CT molecular complexity index is 417. The average Bonchev–Trinajstić information content (AvgIpc) is 2.28. The summed E-state index contributed by atoms with van der Waals surface area (Å²) in [4.78, 5) is 13.0. The lowest BCUT2D eigenvalue weighted by Crippen LogP contribution is -2.29. The van der Waals surface area contributed by atoms with Crippen molar-refractivity contribution < 1.29 is 14.6 Å². The molecular formula is C12H15NO3. The first-order valence-electron chi connectivity index (χ1n) is 5.30. The van der Waals surface area contributed by atoms with Crippen LogP contribution in [0.1, 0.15) is 18.4 Å². The van der Waals surface area contributed by atoms with Gasteiger partial charge in [-0.05, 0) is 24.6 Å². The van der Waals surface area contributed by atoms with Crippen molar-refractivity contribution in [2.75, 3.05) is 25.1 Å². The summed E-state index contributed by atoms with van der Waals surface area (Å²) in [5, 5.41) is 8.96. The van der Waals surface area contributed by atoms with Gasteiger partial charge in [0, 0.05) is 7.05 Å². The van der Waals surface area contributed by atoms with Crippen molar-refractivity contribution in [3.8, 4) is 5.75 Å². The van der Waals surface area contributed by atoms with Crippen LogP contribution in [0.15, 0.2) is 18.2 Å². The summed E-state index contributed by atoms with van der Waals surface area (Å²) in [6.45, 7) is 3.20. The molecule has 4 nitrogen and oxygen atoms in total. The highest BCUT2D eigenvalue weighted by Crippen LogP contribution is 2.33. The largest absolute Gasteiger partial charge is 0.490 e. The van der Waals surface area contributed by atoms with Crippen LogP contribution >= 0.6 is 0 Å². The Kier molecular flexibility index (Phi) is 2.73. The summed E-state index contributed by atoms with van der Waals surface area (Å²) in [6.07, 6.45) is 0. The number of anilines is 1. The van der Waals surface area contributed by atoms with Gasteiger partial charge in [0.15, 0.2) is 0 Å². The van der Waals surface area contributed by atoms with E-state index in [0.29, 0.717) is 6.61 Å². The molecule has 4 heteroatoms. The van der Waals surface area contributed by atoms with Gasteiger partial charge in [0.1, 0.15) is 12.4 Å². The standard InChI is InChI=1S/C12H15NO3/c1-8(12(14)15)9-3-4-11-10(7-9)13(2)5-6-16-11/h3-4,7-8H,5-6H2,1-2H3,(H,14,15). The molecule has 0 bridgehead atoms. The first-order chi connectivity index (χ1) is 7.59. The second-order valence-corrected chi connectivity index (χ2v) is 4.06. The smallest absolute Gasteiger partial charge is 0.310 e. The predicted octanol–water partition coefficient (Wildman–Crippen LogP) is 1.70. The summed E-state index contributed by atoms with van der Waals surface area (Å²) < 4.78 is 5.50. The van der Waals surface area contributed by atoms with Crippen molar-refractivity contribution in [3.63, 3.8) is 0 Å². The van der Waals surface area contributed by atoms with Crippen LogP contribution in [0, 0.1) is 0 Å². The Hall–Kier alpha value is -1.71. The number of likely N-dealkylation sites (N-methyl/N-ethyl adjacent to an activating group) is 1. The molecule has 86 valence electrons. The van der Waals surface area contributed by atoms with Gasteiger partial charge in [0.25, 0.3) is 0 Å². The number of carboxylic acid groups (broad SMARTS) is 1. The van der Waals surface area contributed by atoms with Crippen LogP contribution < -0.4 is 9.64 Å². The highest BCUT2D eigenvalue weighted by molar-refractivity contribution is 5.76. The fourth-order valence-corrected chi connectivity index (χ4v) is 1.78. The van der Waals surface area contributed by atoms with E-state index < -0.39 is 11.9 Å². The topological polar surface area (TPSA) is 49.8 Å². The Morgan fingerprint density at radius 1 is 1.56 bits per heavy atom. The molecule has 1 aliphatic heterocycles. The normalized spacial score (nSPS) is 16.2. The minimum atomic E-state index is -0.806. The molecule has 0 amide bonds. The van der Waals surface area contributed by atoms with Crippen molar-refractivity contribution in [1.29, 1.82) is 0 Å². The number of ether oxygens (including phenoxy) is 1. The Balaban J connectivity index is 2.37. The van der Waals surface area contributed by atoms with E-state index in [4.69, 9.17) is 9.84 Å². The van der Waals surface area contributed by atoms with Crippen LogP contribution in [0.2, 0.25) is 0 Å². The molecule has 1 aromatic carbocycles. The van der Waals surface area contributed by atoms with Gasteiger partial charge < -0.3 is 14.7 Å². The van der Waals surface area contributed by atoms with E-state index in [1.54, 1.807) is 6.92 Å². The molecular weight excluding hydrogens is 206 g/mol. The first-order valence-corrected chi connectivity index (χ1v) is 5.30. The number of fused-ring (bicyclic) bond motifs is 1. The lowest BCUT2D eigenvalue weighted by Gasteiger charge is -2.28. The summed E-state index contributed by atoms with van der Waals surface area (Å²) >= 11 is 0. The Labute approximate surface area is 94.4 Å². The van der Waals surface area contributed by atoms with Gasteiger partial charge in [-0.15, -0.1) is 0 Å². The van der Waals surface area contributed by atoms with Crippen LogP contribution in [0.5, 0.6) is 5.75 Å². The highest BCUT2D eigenvalue weighted by Gasteiger charge is 2.19. The quantitative estimate of drug-likeness (QED) is 0.825. The third kappa shape index (κ3) is 1.83. The number of hydrogen-bond acceptors (Lipinski definition) is 3. The van der Waals surface area contributed by atoms with Gasteiger partial charge in [-0.25, -0.2) is 0 Å². The van der Waals surface area contributed by atoms with E-state index in [1.807, 2.05) is 25.2 Å². The second-order valence-electron chi connectivity index (χ2n) is 4.06. The van der Waals surface area contributed by atoms with E-state index in [-0.39, 0.29) is 0 Å². The van der Waals surface area contributed by atoms with Crippen LogP contribution in [0.3, 0.4) is 0 Å². The molecule has 1 unspecified atom stereocenters. The van der Waals surface area contributed by atoms with Crippen LogP contribution in [0.4, 0.5) is 5.69 Å². The Morgan fingerprint density at radius 3 is 3.00 bits per heavy atom. The summed E-state index contributed by atoms with van der Waals surface area (Å²) in [6, 6.07) is 5.56. The number of aliphatic carboxylic acids is 1. The number of benzene rings is 1. The van der Waals surface area contributed by atoms with E-state index >= 15 is 0 Å². The zero-order valence-corrected chi connectivity index (χ0v) is 9.43. The molecule has 16 heavy (non-hydrogen) atoms. The van der Waals surface area contributed by atoms with Crippen molar-refractivity contribution >= 4 is 11.7 Å². The first kappa shape index (κ1) is 10.8. The van der Waals surface area contributed by atoms with Crippen molar-refractivity contribution in [1.82, 2.24) is 0 Å². The number of nitrogens with zero attached hydrogens (tertiary/aromatic N) is 1.